The molecule has 3 rings (SSSR count). The van der Waals surface area contributed by atoms with Gasteiger partial charge < -0.3 is 10.4 Å². The molecule has 0 unspecified atom stereocenters. The number of pyridine rings is 1. The summed E-state index contributed by atoms with van der Waals surface area (Å²) >= 11 is 6.26. The summed E-state index contributed by atoms with van der Waals surface area (Å²) in [6.07, 6.45) is 1.69. The van der Waals surface area contributed by atoms with Crippen LogP contribution in [0.5, 0.6) is 0 Å². The number of benzene rings is 2. The van der Waals surface area contributed by atoms with Gasteiger partial charge in [0.1, 0.15) is 0 Å². The van der Waals surface area contributed by atoms with Crippen LogP contribution < -0.4 is 5.32 Å². The monoisotopic (exact) mass is 460 g/mol. The fourth-order valence-electron chi connectivity index (χ4n) is 3.07. The van der Waals surface area contributed by atoms with Crippen molar-refractivity contribution in [1.82, 2.24) is 10.3 Å². The van der Waals surface area contributed by atoms with Gasteiger partial charge in [0.25, 0.3) is 5.91 Å². The largest absolute Gasteiger partial charge is 0.394 e. The number of carbonyl (C=O) groups is 2. The highest BCUT2D eigenvalue weighted by Gasteiger charge is 2.22. The molecule has 0 aliphatic rings. The predicted molar refractivity (Wildman–Crippen MR) is 130 cm³/mol. The molecule has 0 spiro atoms. The summed E-state index contributed by atoms with van der Waals surface area (Å²) in [5.41, 5.74) is 2.90. The van der Waals surface area contributed by atoms with Crippen LogP contribution in [-0.2, 0) is 6.42 Å². The van der Waals surface area contributed by atoms with Crippen molar-refractivity contribution in [1.29, 1.82) is 0 Å². The van der Waals surface area contributed by atoms with E-state index < -0.39 is 11.4 Å². The summed E-state index contributed by atoms with van der Waals surface area (Å²) in [5.74, 6) is 5.54. The maximum absolute atomic E-state index is 13.0. The van der Waals surface area contributed by atoms with Crippen molar-refractivity contribution in [3.63, 3.8) is 0 Å². The normalized spacial score (nSPS) is 10.8. The number of nitrogens with zero attached hydrogens (tertiary/aromatic N) is 1. The van der Waals surface area contributed by atoms with Crippen molar-refractivity contribution >= 4 is 23.3 Å². The van der Waals surface area contributed by atoms with E-state index in [0.717, 1.165) is 16.7 Å². The smallest absolute Gasteiger partial charge is 0.251 e. The van der Waals surface area contributed by atoms with Gasteiger partial charge in [-0.15, -0.1) is 0 Å². The first-order chi connectivity index (χ1) is 15.7. The summed E-state index contributed by atoms with van der Waals surface area (Å²) in [4.78, 5) is 29.9. The minimum absolute atomic E-state index is 0.0468. The summed E-state index contributed by atoms with van der Waals surface area (Å²) < 4.78 is 0. The fraction of sp³-hybridized carbons (Fsp3) is 0.222. The molecule has 0 fully saturated rings. The van der Waals surface area contributed by atoms with Crippen LogP contribution in [-0.4, -0.2) is 33.9 Å². The number of hydrogen-bond acceptors (Lipinski definition) is 4. The molecule has 0 atom stereocenters. The van der Waals surface area contributed by atoms with Gasteiger partial charge in [0.05, 0.1) is 29.3 Å². The number of aliphatic hydroxyl groups excluding tert-OH is 1. The molecule has 2 N–H and O–H groups in total. The number of nitrogens with one attached hydrogen (secondary N) is 1. The Bertz CT molecular complexity index is 1240. The number of ketones is 1. The Kier molecular flexibility index (Phi) is 7.65. The number of aryl methyl sites for hydroxylation is 1. The number of carbonyl (C=O) groups excluding carboxylic acids is 2. The molecule has 0 aliphatic heterocycles. The van der Waals surface area contributed by atoms with Crippen molar-refractivity contribution in [2.75, 3.05) is 6.61 Å². The highest BCUT2D eigenvalue weighted by Crippen LogP contribution is 2.21. The lowest BCUT2D eigenvalue weighted by Gasteiger charge is -2.23. The van der Waals surface area contributed by atoms with Crippen molar-refractivity contribution in [3.05, 3.63) is 99.3 Å². The van der Waals surface area contributed by atoms with Crippen LogP contribution in [0.25, 0.3) is 0 Å². The second-order valence-corrected chi connectivity index (χ2v) is 8.80. The molecule has 5 nitrogen and oxygen atoms in total. The second kappa shape index (κ2) is 10.4. The number of aromatic nitrogens is 1. The van der Waals surface area contributed by atoms with Crippen molar-refractivity contribution in [2.24, 2.45) is 0 Å². The highest BCUT2D eigenvalue weighted by atomic mass is 35.5. The van der Waals surface area contributed by atoms with Crippen LogP contribution in [0.4, 0.5) is 0 Å². The van der Waals surface area contributed by atoms with Gasteiger partial charge in [0.2, 0.25) is 0 Å². The van der Waals surface area contributed by atoms with Crippen LogP contribution in [0.3, 0.4) is 0 Å². The van der Waals surface area contributed by atoms with Crippen LogP contribution in [0.2, 0.25) is 5.02 Å². The molecule has 0 radical (unpaired) electrons. The Labute approximate surface area is 198 Å². The molecule has 1 aromatic heterocycles. The SMILES string of the molecule is Cc1cc(C#Cc2ccccc2)cnc1CC(=O)c1cc(C(=O)NC(C)(C)CO)ccc1Cl. The van der Waals surface area contributed by atoms with Gasteiger partial charge >= 0.3 is 0 Å². The number of hydrogen-bond donors (Lipinski definition) is 2. The predicted octanol–water partition coefficient (Wildman–Crippen LogP) is 4.37. The lowest BCUT2D eigenvalue weighted by molar-refractivity contribution is 0.0869. The average molecular weight is 461 g/mol. The molecule has 0 bridgehead atoms. The molecule has 6 heteroatoms. The van der Waals surface area contributed by atoms with Gasteiger partial charge in [-0.25, -0.2) is 0 Å². The second-order valence-electron chi connectivity index (χ2n) is 8.39. The van der Waals surface area contributed by atoms with Gasteiger partial charge in [-0.3, -0.25) is 14.6 Å². The van der Waals surface area contributed by atoms with Gasteiger partial charge in [-0.1, -0.05) is 41.6 Å². The Morgan fingerprint density at radius 3 is 2.42 bits per heavy atom. The van der Waals surface area contributed by atoms with Crippen LogP contribution in [0.1, 0.15) is 56.9 Å². The van der Waals surface area contributed by atoms with E-state index in [1.807, 2.05) is 43.3 Å². The number of Topliss-reactive ketones (excluding diaryl/α,β-unsaturated/α-hetero) is 1. The highest BCUT2D eigenvalue weighted by molar-refractivity contribution is 6.34. The zero-order valence-corrected chi connectivity index (χ0v) is 19.5. The third-order valence-electron chi connectivity index (χ3n) is 5.02. The standard InChI is InChI=1S/C27H25ClN2O3/c1-18-13-20(10-9-19-7-5-4-6-8-19)16-29-24(18)15-25(32)22-14-21(11-12-23(22)28)26(33)30-27(2,3)17-31/h4-8,11-14,16,31H,15,17H2,1-3H3,(H,30,33). The third kappa shape index (κ3) is 6.52. The Morgan fingerprint density at radius 1 is 1.06 bits per heavy atom. The number of aliphatic hydroxyl groups is 1. The van der Waals surface area contributed by atoms with Crippen LogP contribution in [0.15, 0.2) is 60.8 Å². The molecule has 2 aromatic carbocycles. The average Bonchev–Trinajstić information content (AvgIpc) is 2.80. The minimum Gasteiger partial charge on any atom is -0.394 e. The number of rotatable bonds is 6. The number of amides is 1. The van der Waals surface area contributed by atoms with Crippen molar-refractivity contribution < 1.29 is 14.7 Å². The summed E-state index contributed by atoms with van der Waals surface area (Å²) in [6.45, 7) is 5.07. The lowest BCUT2D eigenvalue weighted by Crippen LogP contribution is -2.46. The molecular weight excluding hydrogens is 436 g/mol. The van der Waals surface area contributed by atoms with Gasteiger partial charge in [-0.2, -0.15) is 0 Å². The van der Waals surface area contributed by atoms with Crippen LogP contribution >= 0.6 is 11.6 Å². The van der Waals surface area contributed by atoms with Gasteiger partial charge in [0.15, 0.2) is 5.78 Å². The first kappa shape index (κ1) is 24.2. The van der Waals surface area contributed by atoms with E-state index in [-0.39, 0.29) is 29.4 Å². The van der Waals surface area contributed by atoms with E-state index in [1.54, 1.807) is 26.1 Å². The van der Waals surface area contributed by atoms with E-state index >= 15 is 0 Å². The zero-order valence-electron chi connectivity index (χ0n) is 18.8. The van der Waals surface area contributed by atoms with E-state index in [9.17, 15) is 14.7 Å². The first-order valence-electron chi connectivity index (χ1n) is 10.5. The molecule has 0 aliphatic carbocycles. The first-order valence-corrected chi connectivity index (χ1v) is 10.8. The maximum Gasteiger partial charge on any atom is 0.251 e. The fourth-order valence-corrected chi connectivity index (χ4v) is 3.29. The molecule has 168 valence electrons. The maximum atomic E-state index is 13.0. The molecule has 1 amide bonds. The topological polar surface area (TPSA) is 79.3 Å². The molecule has 0 saturated heterocycles. The lowest BCUT2D eigenvalue weighted by atomic mass is 10.00. The van der Waals surface area contributed by atoms with Crippen molar-refractivity contribution in [3.8, 4) is 11.8 Å². The van der Waals surface area contributed by atoms with E-state index in [0.29, 0.717) is 11.3 Å². The summed E-state index contributed by atoms with van der Waals surface area (Å²) in [5, 5.41) is 12.4. The molecule has 0 saturated carbocycles. The molecule has 3 aromatic rings. The Balaban J connectivity index is 1.77. The Hall–Kier alpha value is -3.46. The minimum atomic E-state index is -0.785. The molecule has 1 heterocycles. The molecular formula is C27H25ClN2O3. The van der Waals surface area contributed by atoms with E-state index in [4.69, 9.17) is 11.6 Å². The van der Waals surface area contributed by atoms with Gasteiger partial charge in [0, 0.05) is 28.5 Å². The van der Waals surface area contributed by atoms with Crippen molar-refractivity contribution in [2.45, 2.75) is 32.7 Å². The van der Waals surface area contributed by atoms with Gasteiger partial charge in [-0.05, 0) is 62.7 Å². The summed E-state index contributed by atoms with van der Waals surface area (Å²) in [6, 6.07) is 16.1. The van der Waals surface area contributed by atoms with E-state index in [2.05, 4.69) is 22.1 Å². The number of halogens is 1. The van der Waals surface area contributed by atoms with Crippen LogP contribution in [0, 0.1) is 18.8 Å². The Morgan fingerprint density at radius 2 is 1.76 bits per heavy atom. The zero-order chi connectivity index (χ0) is 24.0. The van der Waals surface area contributed by atoms with E-state index in [1.165, 1.54) is 12.1 Å². The third-order valence-corrected chi connectivity index (χ3v) is 5.35. The quantitative estimate of drug-likeness (QED) is 0.423. The summed E-state index contributed by atoms with van der Waals surface area (Å²) in [7, 11) is 0. The molecule has 33 heavy (non-hydrogen) atoms.